The summed E-state index contributed by atoms with van der Waals surface area (Å²) in [5.74, 6) is -0.109. The molecule has 0 radical (unpaired) electrons. The van der Waals surface area contributed by atoms with E-state index in [4.69, 9.17) is 0 Å². The number of nitrogens with zero attached hydrogens (tertiary/aromatic N) is 1. The minimum absolute atomic E-state index is 0.109. The van der Waals surface area contributed by atoms with Gasteiger partial charge in [0.15, 0.2) is 0 Å². The lowest BCUT2D eigenvalue weighted by molar-refractivity contribution is -0.121. The van der Waals surface area contributed by atoms with Gasteiger partial charge in [0.2, 0.25) is 15.9 Å². The maximum Gasteiger partial charge on any atom is 0.232 e. The summed E-state index contributed by atoms with van der Waals surface area (Å²) in [5, 5.41) is 3.17. The second-order valence-electron chi connectivity index (χ2n) is 9.06. The van der Waals surface area contributed by atoms with E-state index in [0.29, 0.717) is 12.1 Å². The summed E-state index contributed by atoms with van der Waals surface area (Å²) in [7, 11) is -3.47. The van der Waals surface area contributed by atoms with Crippen molar-refractivity contribution < 1.29 is 13.2 Å². The van der Waals surface area contributed by atoms with E-state index < -0.39 is 10.0 Å². The number of benzene rings is 3. The van der Waals surface area contributed by atoms with Crippen molar-refractivity contribution in [1.82, 2.24) is 5.32 Å². The number of hydrogen-bond acceptors (Lipinski definition) is 3. The Morgan fingerprint density at radius 2 is 1.53 bits per heavy atom. The van der Waals surface area contributed by atoms with Crippen LogP contribution in [0.2, 0.25) is 0 Å². The lowest BCUT2D eigenvalue weighted by Crippen LogP contribution is -2.33. The molecule has 0 heterocycles. The Morgan fingerprint density at radius 3 is 2.12 bits per heavy atom. The molecule has 1 atom stereocenters. The molecule has 3 rings (SSSR count). The van der Waals surface area contributed by atoms with Crippen LogP contribution in [0.15, 0.2) is 66.7 Å². The summed E-state index contributed by atoms with van der Waals surface area (Å²) >= 11 is 0. The van der Waals surface area contributed by atoms with Crippen LogP contribution < -0.4 is 9.62 Å². The van der Waals surface area contributed by atoms with E-state index in [0.717, 1.165) is 27.8 Å². The Hall–Kier alpha value is -3.12. The van der Waals surface area contributed by atoms with Crippen molar-refractivity contribution in [2.75, 3.05) is 17.1 Å². The fourth-order valence-corrected chi connectivity index (χ4v) is 5.28. The van der Waals surface area contributed by atoms with Crippen molar-refractivity contribution in [3.05, 3.63) is 100 Å². The standard InChI is InChI=1S/C28H34N2O3S/c1-20-13-14-26(23(4)17-20)28(24-10-7-6-8-11-24)29-27(31)12-9-15-30(34(5,32)33)25-18-21(2)16-22(3)19-25/h6-8,10-11,13-14,16-19,28H,9,12,15H2,1-5H3,(H,29,31)/t28-/m1/s1. The molecule has 0 fully saturated rings. The molecule has 0 bridgehead atoms. The highest BCUT2D eigenvalue weighted by atomic mass is 32.2. The second-order valence-corrected chi connectivity index (χ2v) is 11.0. The van der Waals surface area contributed by atoms with E-state index in [9.17, 15) is 13.2 Å². The third-order valence-corrected chi connectivity index (χ3v) is 7.03. The van der Waals surface area contributed by atoms with Gasteiger partial charge in [0, 0.05) is 13.0 Å². The second kappa shape index (κ2) is 10.9. The molecule has 34 heavy (non-hydrogen) atoms. The molecule has 3 aromatic carbocycles. The average Bonchev–Trinajstić information content (AvgIpc) is 2.74. The molecule has 0 aliphatic rings. The Morgan fingerprint density at radius 1 is 0.882 bits per heavy atom. The van der Waals surface area contributed by atoms with E-state index in [1.807, 2.05) is 62.4 Å². The van der Waals surface area contributed by atoms with Gasteiger partial charge in [0.05, 0.1) is 18.0 Å². The summed E-state index contributed by atoms with van der Waals surface area (Å²) in [4.78, 5) is 13.0. The van der Waals surface area contributed by atoms with E-state index in [1.54, 1.807) is 0 Å². The predicted octanol–water partition coefficient (Wildman–Crippen LogP) is 5.37. The van der Waals surface area contributed by atoms with Gasteiger partial charge < -0.3 is 5.32 Å². The molecule has 1 amide bonds. The molecule has 180 valence electrons. The van der Waals surface area contributed by atoms with Crippen molar-refractivity contribution in [3.8, 4) is 0 Å². The summed E-state index contributed by atoms with van der Waals surface area (Å²) in [6, 6.07) is 21.6. The number of nitrogens with one attached hydrogen (secondary N) is 1. The van der Waals surface area contributed by atoms with E-state index in [-0.39, 0.29) is 24.9 Å². The first-order chi connectivity index (χ1) is 16.0. The zero-order valence-electron chi connectivity index (χ0n) is 20.6. The van der Waals surface area contributed by atoms with Gasteiger partial charge in [0.1, 0.15) is 0 Å². The molecular formula is C28H34N2O3S. The van der Waals surface area contributed by atoms with Gasteiger partial charge in [-0.1, -0.05) is 60.2 Å². The van der Waals surface area contributed by atoms with Gasteiger partial charge in [-0.3, -0.25) is 9.10 Å². The molecule has 0 aliphatic heterocycles. The fraction of sp³-hybridized carbons (Fsp3) is 0.321. The summed E-state index contributed by atoms with van der Waals surface area (Å²) in [6.45, 7) is 8.24. The van der Waals surface area contributed by atoms with Crippen LogP contribution in [-0.4, -0.2) is 27.1 Å². The van der Waals surface area contributed by atoms with Gasteiger partial charge in [-0.25, -0.2) is 8.42 Å². The zero-order chi connectivity index (χ0) is 24.9. The maximum atomic E-state index is 13.0. The molecule has 0 aromatic heterocycles. The number of sulfonamides is 1. The van der Waals surface area contributed by atoms with Gasteiger partial charge in [0.25, 0.3) is 0 Å². The molecule has 0 spiro atoms. The first kappa shape index (κ1) is 25.5. The summed E-state index contributed by atoms with van der Waals surface area (Å²) in [5.41, 5.74) is 6.99. The maximum absolute atomic E-state index is 13.0. The van der Waals surface area contributed by atoms with Crippen LogP contribution in [0.5, 0.6) is 0 Å². The topological polar surface area (TPSA) is 66.5 Å². The smallest absolute Gasteiger partial charge is 0.232 e. The lowest BCUT2D eigenvalue weighted by Gasteiger charge is -2.24. The number of amides is 1. The lowest BCUT2D eigenvalue weighted by atomic mass is 9.93. The Kier molecular flexibility index (Phi) is 8.15. The minimum atomic E-state index is -3.47. The Labute approximate surface area is 203 Å². The van der Waals surface area contributed by atoms with Gasteiger partial charge >= 0.3 is 0 Å². The van der Waals surface area contributed by atoms with Crippen molar-refractivity contribution in [2.24, 2.45) is 0 Å². The van der Waals surface area contributed by atoms with Gasteiger partial charge in [-0.05, 0) is 74.1 Å². The van der Waals surface area contributed by atoms with Crippen molar-refractivity contribution in [1.29, 1.82) is 0 Å². The van der Waals surface area contributed by atoms with Crippen LogP contribution in [0.25, 0.3) is 0 Å². The average molecular weight is 479 g/mol. The van der Waals surface area contributed by atoms with Gasteiger partial charge in [-0.15, -0.1) is 0 Å². The largest absolute Gasteiger partial charge is 0.345 e. The third-order valence-electron chi connectivity index (χ3n) is 5.83. The molecule has 0 saturated carbocycles. The SMILES string of the molecule is Cc1cc(C)cc(N(CCCC(=O)N[C@H](c2ccccc2)c2ccc(C)cc2C)S(C)(=O)=O)c1. The molecule has 6 heteroatoms. The van der Waals surface area contributed by atoms with Crippen LogP contribution in [0.1, 0.15) is 52.3 Å². The Bertz CT molecular complexity index is 1230. The van der Waals surface area contributed by atoms with Crippen molar-refractivity contribution in [3.63, 3.8) is 0 Å². The van der Waals surface area contributed by atoms with Crippen LogP contribution in [0.4, 0.5) is 5.69 Å². The summed E-state index contributed by atoms with van der Waals surface area (Å²) < 4.78 is 26.3. The number of aryl methyl sites for hydroxylation is 4. The number of hydrogen-bond donors (Lipinski definition) is 1. The van der Waals surface area contributed by atoms with E-state index >= 15 is 0 Å². The van der Waals surface area contributed by atoms with Crippen LogP contribution >= 0.6 is 0 Å². The first-order valence-corrected chi connectivity index (χ1v) is 13.4. The molecule has 0 unspecified atom stereocenters. The van der Waals surface area contributed by atoms with Crippen LogP contribution in [0.3, 0.4) is 0 Å². The number of carbonyl (C=O) groups is 1. The van der Waals surface area contributed by atoms with E-state index in [1.165, 1.54) is 16.1 Å². The third kappa shape index (κ3) is 6.70. The number of anilines is 1. The van der Waals surface area contributed by atoms with Crippen molar-refractivity contribution >= 4 is 21.6 Å². The molecule has 0 saturated heterocycles. The minimum Gasteiger partial charge on any atom is -0.345 e. The van der Waals surface area contributed by atoms with Crippen LogP contribution in [0, 0.1) is 27.7 Å². The predicted molar refractivity (Wildman–Crippen MR) is 140 cm³/mol. The van der Waals surface area contributed by atoms with Crippen molar-refractivity contribution in [2.45, 2.75) is 46.6 Å². The molecule has 5 nitrogen and oxygen atoms in total. The monoisotopic (exact) mass is 478 g/mol. The number of carbonyl (C=O) groups excluding carboxylic acids is 1. The quantitative estimate of drug-likeness (QED) is 0.449. The zero-order valence-corrected chi connectivity index (χ0v) is 21.4. The molecule has 1 N–H and O–H groups in total. The molecule has 3 aromatic rings. The molecular weight excluding hydrogens is 444 g/mol. The van der Waals surface area contributed by atoms with Gasteiger partial charge in [-0.2, -0.15) is 0 Å². The molecule has 0 aliphatic carbocycles. The Balaban J connectivity index is 1.74. The first-order valence-electron chi connectivity index (χ1n) is 11.5. The highest BCUT2D eigenvalue weighted by molar-refractivity contribution is 7.92. The fourth-order valence-electron chi connectivity index (χ4n) is 4.33. The highest BCUT2D eigenvalue weighted by Gasteiger charge is 2.21. The normalized spacial score (nSPS) is 12.3. The van der Waals surface area contributed by atoms with Crippen LogP contribution in [-0.2, 0) is 14.8 Å². The summed E-state index contributed by atoms with van der Waals surface area (Å²) in [6.07, 6.45) is 1.85. The number of rotatable bonds is 9. The highest BCUT2D eigenvalue weighted by Crippen LogP contribution is 2.26. The van der Waals surface area contributed by atoms with E-state index in [2.05, 4.69) is 37.4 Å².